The number of likely N-dealkylation sites (tertiary alicyclic amines) is 1. The highest BCUT2D eigenvalue weighted by atomic mass is 16.5. The summed E-state index contributed by atoms with van der Waals surface area (Å²) < 4.78 is 5.38. The first-order valence-electron chi connectivity index (χ1n) is 8.71. The molecule has 1 aliphatic carbocycles. The van der Waals surface area contributed by atoms with E-state index in [4.69, 9.17) is 10.5 Å². The van der Waals surface area contributed by atoms with Crippen LogP contribution in [0.25, 0.3) is 0 Å². The molecule has 0 amide bonds. The van der Waals surface area contributed by atoms with E-state index in [1.54, 1.807) is 0 Å². The van der Waals surface area contributed by atoms with E-state index in [2.05, 4.69) is 11.8 Å². The van der Waals surface area contributed by atoms with Crippen LogP contribution in [0.3, 0.4) is 0 Å². The number of ether oxygens (including phenoxy) is 1. The molecule has 0 spiro atoms. The van der Waals surface area contributed by atoms with E-state index >= 15 is 0 Å². The lowest BCUT2D eigenvalue weighted by molar-refractivity contribution is 0.0239. The predicted molar refractivity (Wildman–Crippen MR) is 84.8 cm³/mol. The van der Waals surface area contributed by atoms with E-state index in [9.17, 15) is 0 Å². The van der Waals surface area contributed by atoms with Gasteiger partial charge in [0.05, 0.1) is 6.61 Å². The quantitative estimate of drug-likeness (QED) is 0.814. The number of nitrogens with zero attached hydrogens (tertiary/aromatic N) is 1. The second-order valence-corrected chi connectivity index (χ2v) is 6.99. The van der Waals surface area contributed by atoms with Crippen LogP contribution in [-0.4, -0.2) is 44.3 Å². The summed E-state index contributed by atoms with van der Waals surface area (Å²) in [6.45, 7) is 6.62. The lowest BCUT2D eigenvalue weighted by Gasteiger charge is -2.45. The van der Waals surface area contributed by atoms with Crippen LogP contribution in [0.1, 0.15) is 51.9 Å². The average molecular weight is 282 g/mol. The van der Waals surface area contributed by atoms with Crippen molar-refractivity contribution in [2.45, 2.75) is 57.9 Å². The van der Waals surface area contributed by atoms with E-state index in [-0.39, 0.29) is 0 Å². The van der Waals surface area contributed by atoms with Crippen LogP contribution >= 0.6 is 0 Å². The van der Waals surface area contributed by atoms with Gasteiger partial charge in [0.15, 0.2) is 0 Å². The van der Waals surface area contributed by atoms with Crippen molar-refractivity contribution in [2.24, 2.45) is 23.5 Å². The normalized spacial score (nSPS) is 36.1. The van der Waals surface area contributed by atoms with Crippen molar-refractivity contribution in [1.29, 1.82) is 0 Å². The molecular weight excluding hydrogens is 248 g/mol. The van der Waals surface area contributed by atoms with Crippen LogP contribution in [0.5, 0.6) is 0 Å². The van der Waals surface area contributed by atoms with Crippen molar-refractivity contribution in [3.05, 3.63) is 0 Å². The number of hydrogen-bond donors (Lipinski definition) is 1. The first-order chi connectivity index (χ1) is 9.78. The molecule has 1 aliphatic heterocycles. The Morgan fingerprint density at radius 1 is 1.20 bits per heavy atom. The summed E-state index contributed by atoms with van der Waals surface area (Å²) >= 11 is 0. The van der Waals surface area contributed by atoms with Crippen LogP contribution in [0.2, 0.25) is 0 Å². The molecule has 0 aromatic carbocycles. The molecule has 0 aromatic heterocycles. The summed E-state index contributed by atoms with van der Waals surface area (Å²) in [7, 11) is 1.83. The van der Waals surface area contributed by atoms with Gasteiger partial charge in [-0.05, 0) is 56.5 Å². The van der Waals surface area contributed by atoms with Crippen LogP contribution in [0, 0.1) is 17.8 Å². The summed E-state index contributed by atoms with van der Waals surface area (Å²) in [5.74, 6) is 2.40. The third-order valence-corrected chi connectivity index (χ3v) is 5.49. The van der Waals surface area contributed by atoms with E-state index in [0.717, 1.165) is 36.9 Å². The number of hydrogen-bond acceptors (Lipinski definition) is 3. The molecule has 1 saturated carbocycles. The maximum atomic E-state index is 6.06. The molecule has 4 atom stereocenters. The number of rotatable bonds is 6. The second-order valence-electron chi connectivity index (χ2n) is 6.99. The molecule has 0 aromatic rings. The van der Waals surface area contributed by atoms with E-state index in [1.165, 1.54) is 58.0 Å². The van der Waals surface area contributed by atoms with Crippen molar-refractivity contribution in [3.63, 3.8) is 0 Å². The van der Waals surface area contributed by atoms with Crippen LogP contribution < -0.4 is 5.73 Å². The fourth-order valence-corrected chi connectivity index (χ4v) is 4.46. The summed E-state index contributed by atoms with van der Waals surface area (Å²) in [5, 5.41) is 0. The van der Waals surface area contributed by atoms with Crippen LogP contribution in [0.4, 0.5) is 0 Å². The monoisotopic (exact) mass is 282 g/mol. The van der Waals surface area contributed by atoms with Gasteiger partial charge in [-0.1, -0.05) is 26.2 Å². The zero-order chi connectivity index (χ0) is 14.4. The lowest BCUT2D eigenvalue weighted by atomic mass is 9.75. The number of nitrogens with two attached hydrogens (primary N) is 1. The Balaban J connectivity index is 1.94. The predicted octanol–water partition coefficient (Wildman–Crippen LogP) is 2.89. The van der Waals surface area contributed by atoms with Gasteiger partial charge < -0.3 is 10.5 Å². The molecule has 3 heteroatoms. The Labute approximate surface area is 125 Å². The largest absolute Gasteiger partial charge is 0.384 e. The molecule has 20 heavy (non-hydrogen) atoms. The first kappa shape index (κ1) is 16.3. The molecule has 2 rings (SSSR count). The zero-order valence-electron chi connectivity index (χ0n) is 13.5. The Morgan fingerprint density at radius 2 is 2.05 bits per heavy atom. The molecule has 118 valence electrons. The van der Waals surface area contributed by atoms with Crippen LogP contribution in [-0.2, 0) is 4.74 Å². The average Bonchev–Trinajstić information content (AvgIpc) is 2.48. The van der Waals surface area contributed by atoms with Gasteiger partial charge in [0.1, 0.15) is 0 Å². The molecule has 4 unspecified atom stereocenters. The highest BCUT2D eigenvalue weighted by Crippen LogP contribution is 2.36. The molecular formula is C17H34N2O. The van der Waals surface area contributed by atoms with Gasteiger partial charge in [-0.2, -0.15) is 0 Å². The minimum absolute atomic E-state index is 0.726. The minimum atomic E-state index is 0.726. The van der Waals surface area contributed by atoms with E-state index in [0.29, 0.717) is 0 Å². The Bertz CT molecular complexity index is 270. The summed E-state index contributed by atoms with van der Waals surface area (Å²) in [6, 6.07) is 0.741. The molecule has 0 bridgehead atoms. The molecule has 2 aliphatic rings. The van der Waals surface area contributed by atoms with E-state index in [1.807, 2.05) is 7.11 Å². The highest BCUT2D eigenvalue weighted by molar-refractivity contribution is 4.89. The van der Waals surface area contributed by atoms with Gasteiger partial charge in [0.25, 0.3) is 0 Å². The summed E-state index contributed by atoms with van der Waals surface area (Å²) in [5.41, 5.74) is 6.06. The standard InChI is InChI=1S/C17H34N2O/c1-3-5-14-7-8-16(11-18)17(10-14)19-9-4-6-15(12-19)13-20-2/h14-17H,3-13,18H2,1-2H3. The van der Waals surface area contributed by atoms with Crippen molar-refractivity contribution >= 4 is 0 Å². The number of piperidine rings is 1. The minimum Gasteiger partial charge on any atom is -0.384 e. The SMILES string of the molecule is CCCC1CCC(CN)C(N2CCCC(COC)C2)C1. The van der Waals surface area contributed by atoms with Gasteiger partial charge in [0, 0.05) is 19.7 Å². The highest BCUT2D eigenvalue weighted by Gasteiger charge is 2.35. The van der Waals surface area contributed by atoms with Gasteiger partial charge in [-0.25, -0.2) is 0 Å². The maximum absolute atomic E-state index is 6.06. The summed E-state index contributed by atoms with van der Waals surface area (Å²) in [4.78, 5) is 2.76. The van der Waals surface area contributed by atoms with E-state index < -0.39 is 0 Å². The molecule has 0 radical (unpaired) electrons. The molecule has 1 heterocycles. The number of methoxy groups -OCH3 is 1. The van der Waals surface area contributed by atoms with Gasteiger partial charge >= 0.3 is 0 Å². The topological polar surface area (TPSA) is 38.5 Å². The van der Waals surface area contributed by atoms with Crippen molar-refractivity contribution in [3.8, 4) is 0 Å². The third-order valence-electron chi connectivity index (χ3n) is 5.49. The Kier molecular flexibility index (Phi) is 6.79. The smallest absolute Gasteiger partial charge is 0.0502 e. The molecule has 1 saturated heterocycles. The molecule has 2 N–H and O–H groups in total. The van der Waals surface area contributed by atoms with Crippen molar-refractivity contribution in [2.75, 3.05) is 33.4 Å². The Hall–Kier alpha value is -0.120. The van der Waals surface area contributed by atoms with Gasteiger partial charge in [0.2, 0.25) is 0 Å². The second kappa shape index (κ2) is 8.35. The van der Waals surface area contributed by atoms with Gasteiger partial charge in [-0.15, -0.1) is 0 Å². The van der Waals surface area contributed by atoms with Crippen molar-refractivity contribution < 1.29 is 4.74 Å². The molecule has 2 fully saturated rings. The molecule has 3 nitrogen and oxygen atoms in total. The van der Waals surface area contributed by atoms with Crippen molar-refractivity contribution in [1.82, 2.24) is 4.90 Å². The maximum Gasteiger partial charge on any atom is 0.0502 e. The fraction of sp³-hybridized carbons (Fsp3) is 1.00. The summed E-state index contributed by atoms with van der Waals surface area (Å²) in [6.07, 6.45) is 9.54. The van der Waals surface area contributed by atoms with Gasteiger partial charge in [-0.3, -0.25) is 4.90 Å². The Morgan fingerprint density at radius 3 is 2.75 bits per heavy atom. The zero-order valence-corrected chi connectivity index (χ0v) is 13.5. The first-order valence-corrected chi connectivity index (χ1v) is 8.71. The third kappa shape index (κ3) is 4.19. The lowest BCUT2D eigenvalue weighted by Crippen LogP contribution is -2.51. The fourth-order valence-electron chi connectivity index (χ4n) is 4.46. The van der Waals surface area contributed by atoms with Crippen LogP contribution in [0.15, 0.2) is 0 Å².